The van der Waals surface area contributed by atoms with Crippen molar-refractivity contribution in [1.82, 2.24) is 15.3 Å². The number of hydrogen-bond donors (Lipinski definition) is 2. The number of carbonyl (C=O) groups excluding carboxylic acids is 1. The van der Waals surface area contributed by atoms with Crippen molar-refractivity contribution in [2.45, 2.75) is 6.54 Å². The first-order valence-electron chi connectivity index (χ1n) is 9.55. The Kier molecular flexibility index (Phi) is 6.19. The molecule has 4 rings (SSSR count). The van der Waals surface area contributed by atoms with Crippen LogP contribution in [0.5, 0.6) is 0 Å². The van der Waals surface area contributed by atoms with Crippen LogP contribution in [-0.2, 0) is 6.54 Å². The van der Waals surface area contributed by atoms with E-state index in [0.717, 1.165) is 16.9 Å². The average molecular weight is 433 g/mol. The standard InChI is InChI=1S/C24H18ClFN4O/c25-19-8-4-17(5-9-19)22-12-13-27-24(30-22)29-21-10-6-18(7-11-21)23(31)28-15-16-2-1-3-20(26)14-16/h1-14H,15H2,(H,28,31)(H,27,29,30). The van der Waals surface area contributed by atoms with Crippen molar-refractivity contribution >= 4 is 29.1 Å². The first kappa shape index (κ1) is 20.5. The van der Waals surface area contributed by atoms with Gasteiger partial charge in [0.2, 0.25) is 5.95 Å². The summed E-state index contributed by atoms with van der Waals surface area (Å²) < 4.78 is 13.2. The molecule has 0 aliphatic rings. The zero-order valence-corrected chi connectivity index (χ0v) is 17.1. The third kappa shape index (κ3) is 5.43. The normalized spacial score (nSPS) is 10.5. The van der Waals surface area contributed by atoms with E-state index in [1.54, 1.807) is 42.6 Å². The lowest BCUT2D eigenvalue weighted by Crippen LogP contribution is -2.22. The summed E-state index contributed by atoms with van der Waals surface area (Å²) >= 11 is 5.94. The molecule has 2 N–H and O–H groups in total. The summed E-state index contributed by atoms with van der Waals surface area (Å²) in [6.07, 6.45) is 1.67. The SMILES string of the molecule is O=C(NCc1cccc(F)c1)c1ccc(Nc2nccc(-c3ccc(Cl)cc3)n2)cc1. The van der Waals surface area contributed by atoms with Gasteiger partial charge in [-0.05, 0) is 60.2 Å². The molecule has 1 heterocycles. The number of rotatable bonds is 6. The summed E-state index contributed by atoms with van der Waals surface area (Å²) in [4.78, 5) is 21.1. The molecule has 0 unspecified atom stereocenters. The van der Waals surface area contributed by atoms with Crippen molar-refractivity contribution < 1.29 is 9.18 Å². The highest BCUT2D eigenvalue weighted by Crippen LogP contribution is 2.21. The van der Waals surface area contributed by atoms with E-state index in [9.17, 15) is 9.18 Å². The van der Waals surface area contributed by atoms with E-state index in [4.69, 9.17) is 11.6 Å². The Balaban J connectivity index is 1.40. The monoisotopic (exact) mass is 432 g/mol. The number of carbonyl (C=O) groups is 1. The van der Waals surface area contributed by atoms with E-state index in [0.29, 0.717) is 22.1 Å². The molecule has 0 spiro atoms. The third-order valence-electron chi connectivity index (χ3n) is 4.54. The molecular formula is C24H18ClFN4O. The Bertz CT molecular complexity index is 1200. The van der Waals surface area contributed by atoms with E-state index in [1.807, 2.05) is 30.3 Å². The number of benzene rings is 3. The second-order valence-electron chi connectivity index (χ2n) is 6.79. The smallest absolute Gasteiger partial charge is 0.251 e. The summed E-state index contributed by atoms with van der Waals surface area (Å²) in [5.74, 6) is -0.128. The van der Waals surface area contributed by atoms with Gasteiger partial charge >= 0.3 is 0 Å². The molecule has 31 heavy (non-hydrogen) atoms. The first-order valence-corrected chi connectivity index (χ1v) is 9.93. The minimum atomic E-state index is -0.329. The van der Waals surface area contributed by atoms with Crippen molar-refractivity contribution in [3.8, 4) is 11.3 Å². The highest BCUT2D eigenvalue weighted by atomic mass is 35.5. The highest BCUT2D eigenvalue weighted by Gasteiger charge is 2.07. The number of nitrogens with zero attached hydrogens (tertiary/aromatic N) is 2. The van der Waals surface area contributed by atoms with Gasteiger partial charge in [0.15, 0.2) is 0 Å². The average Bonchev–Trinajstić information content (AvgIpc) is 2.79. The number of anilines is 2. The van der Waals surface area contributed by atoms with Crippen LogP contribution in [0.4, 0.5) is 16.0 Å². The zero-order chi connectivity index (χ0) is 21.6. The molecule has 7 heteroatoms. The van der Waals surface area contributed by atoms with Crippen LogP contribution < -0.4 is 10.6 Å². The van der Waals surface area contributed by atoms with Crippen molar-refractivity contribution in [3.05, 3.63) is 107 Å². The lowest BCUT2D eigenvalue weighted by atomic mass is 10.1. The minimum absolute atomic E-state index is 0.239. The molecule has 154 valence electrons. The van der Waals surface area contributed by atoms with Crippen LogP contribution in [0.1, 0.15) is 15.9 Å². The molecule has 1 aromatic heterocycles. The molecule has 3 aromatic carbocycles. The van der Waals surface area contributed by atoms with Gasteiger partial charge in [0.05, 0.1) is 5.69 Å². The number of halogens is 2. The maximum Gasteiger partial charge on any atom is 0.251 e. The van der Waals surface area contributed by atoms with Crippen LogP contribution in [0, 0.1) is 5.82 Å². The van der Waals surface area contributed by atoms with Crippen LogP contribution in [0.2, 0.25) is 5.02 Å². The molecule has 4 aromatic rings. The van der Waals surface area contributed by atoms with Crippen LogP contribution in [-0.4, -0.2) is 15.9 Å². The third-order valence-corrected chi connectivity index (χ3v) is 4.79. The molecule has 0 saturated carbocycles. The van der Waals surface area contributed by atoms with Crippen LogP contribution in [0.25, 0.3) is 11.3 Å². The van der Waals surface area contributed by atoms with Crippen molar-refractivity contribution in [2.24, 2.45) is 0 Å². The number of nitrogens with one attached hydrogen (secondary N) is 2. The van der Waals surface area contributed by atoms with Gasteiger partial charge in [-0.3, -0.25) is 4.79 Å². The Labute approximate surface area is 184 Å². The van der Waals surface area contributed by atoms with E-state index in [-0.39, 0.29) is 18.3 Å². The second-order valence-corrected chi connectivity index (χ2v) is 7.22. The Morgan fingerprint density at radius 1 is 0.968 bits per heavy atom. The van der Waals surface area contributed by atoms with Gasteiger partial charge in [0.1, 0.15) is 5.82 Å². The molecule has 0 aliphatic carbocycles. The molecule has 0 saturated heterocycles. The summed E-state index contributed by atoms with van der Waals surface area (Å²) in [7, 11) is 0. The van der Waals surface area contributed by atoms with Gasteiger partial charge in [0, 0.05) is 34.6 Å². The van der Waals surface area contributed by atoms with Crippen LogP contribution >= 0.6 is 11.6 Å². The van der Waals surface area contributed by atoms with Gasteiger partial charge in [0.25, 0.3) is 5.91 Å². The summed E-state index contributed by atoms with van der Waals surface area (Å²) in [6, 6.07) is 22.3. The van der Waals surface area contributed by atoms with Crippen LogP contribution in [0.15, 0.2) is 85.1 Å². The van der Waals surface area contributed by atoms with Gasteiger partial charge < -0.3 is 10.6 Å². The molecule has 1 amide bonds. The molecular weight excluding hydrogens is 415 g/mol. The quantitative estimate of drug-likeness (QED) is 0.415. The van der Waals surface area contributed by atoms with E-state index >= 15 is 0 Å². The first-order chi connectivity index (χ1) is 15.1. The maximum absolute atomic E-state index is 13.2. The molecule has 0 bridgehead atoms. The van der Waals surface area contributed by atoms with Gasteiger partial charge in [-0.15, -0.1) is 0 Å². The summed E-state index contributed by atoms with van der Waals surface area (Å²) in [5.41, 5.74) is 3.64. The van der Waals surface area contributed by atoms with Gasteiger partial charge in [-0.25, -0.2) is 14.4 Å². The summed E-state index contributed by atoms with van der Waals surface area (Å²) in [5, 5.41) is 6.58. The molecule has 0 atom stereocenters. The fraction of sp³-hybridized carbons (Fsp3) is 0.0417. The van der Waals surface area contributed by atoms with Gasteiger partial charge in [-0.2, -0.15) is 0 Å². The lowest BCUT2D eigenvalue weighted by Gasteiger charge is -2.09. The maximum atomic E-state index is 13.2. The predicted octanol–water partition coefficient (Wildman–Crippen LogP) is 5.61. The Hall–Kier alpha value is -3.77. The van der Waals surface area contributed by atoms with E-state index in [1.165, 1.54) is 12.1 Å². The fourth-order valence-electron chi connectivity index (χ4n) is 2.97. The molecule has 0 aliphatic heterocycles. The number of hydrogen-bond acceptors (Lipinski definition) is 4. The number of aromatic nitrogens is 2. The Morgan fingerprint density at radius 2 is 1.74 bits per heavy atom. The number of amides is 1. The molecule has 5 nitrogen and oxygen atoms in total. The highest BCUT2D eigenvalue weighted by molar-refractivity contribution is 6.30. The topological polar surface area (TPSA) is 66.9 Å². The lowest BCUT2D eigenvalue weighted by molar-refractivity contribution is 0.0951. The van der Waals surface area contributed by atoms with Crippen LogP contribution in [0.3, 0.4) is 0 Å². The Morgan fingerprint density at radius 3 is 2.48 bits per heavy atom. The summed E-state index contributed by atoms with van der Waals surface area (Å²) in [6.45, 7) is 0.252. The predicted molar refractivity (Wildman–Crippen MR) is 120 cm³/mol. The van der Waals surface area contributed by atoms with E-state index < -0.39 is 0 Å². The van der Waals surface area contributed by atoms with Gasteiger partial charge in [-0.1, -0.05) is 35.9 Å². The molecule has 0 fully saturated rings. The van der Waals surface area contributed by atoms with Crippen molar-refractivity contribution in [2.75, 3.05) is 5.32 Å². The van der Waals surface area contributed by atoms with E-state index in [2.05, 4.69) is 20.6 Å². The largest absolute Gasteiger partial charge is 0.348 e. The van der Waals surface area contributed by atoms with Crippen molar-refractivity contribution in [3.63, 3.8) is 0 Å². The molecule has 0 radical (unpaired) electrons. The minimum Gasteiger partial charge on any atom is -0.348 e. The second kappa shape index (κ2) is 9.36. The van der Waals surface area contributed by atoms with Crippen molar-refractivity contribution in [1.29, 1.82) is 0 Å². The fourth-order valence-corrected chi connectivity index (χ4v) is 3.09. The zero-order valence-electron chi connectivity index (χ0n) is 16.3.